The summed E-state index contributed by atoms with van der Waals surface area (Å²) in [4.78, 5) is 8.53. The summed E-state index contributed by atoms with van der Waals surface area (Å²) in [5.41, 5.74) is 2.17. The lowest BCUT2D eigenvalue weighted by Gasteiger charge is -2.10. The molecule has 0 bridgehead atoms. The minimum absolute atomic E-state index is 0.0317. The van der Waals surface area contributed by atoms with Gasteiger partial charge in [-0.1, -0.05) is 0 Å². The van der Waals surface area contributed by atoms with Gasteiger partial charge in [-0.25, -0.2) is 9.97 Å². The largest absolute Gasteiger partial charge is 0.494 e. The highest BCUT2D eigenvalue weighted by atomic mass is 19.3. The highest BCUT2D eigenvalue weighted by molar-refractivity contribution is 5.87. The Morgan fingerprint density at radius 1 is 1.21 bits per heavy atom. The van der Waals surface area contributed by atoms with E-state index in [0.29, 0.717) is 34.4 Å². The van der Waals surface area contributed by atoms with E-state index in [0.717, 1.165) is 0 Å². The number of hydrogen-bond donors (Lipinski definition) is 1. The number of rotatable bonds is 6. The fraction of sp³-hybridized carbons (Fsp3) is 0.211. The molecule has 0 radical (unpaired) electrons. The minimum atomic E-state index is -3.01. The number of pyridine rings is 2. The molecule has 29 heavy (non-hydrogen) atoms. The smallest absolute Gasteiger partial charge is 0.387 e. The molecule has 0 unspecified atom stereocenters. The molecule has 0 atom stereocenters. The average molecular weight is 401 g/mol. The van der Waals surface area contributed by atoms with Gasteiger partial charge in [0.05, 0.1) is 35.6 Å². The van der Waals surface area contributed by atoms with E-state index in [1.54, 1.807) is 40.0 Å². The third-order valence-corrected chi connectivity index (χ3v) is 4.39. The standard InChI is InChI=1S/C19H17F2N5O3/c1-3-25-9-12(8-23-25)26-10-15-13(18(26)27)4-5-14(24-15)11-6-16(29-19(20)21)17(28-2)22-7-11/h4-10,19,27H,3H2,1-2H3. The van der Waals surface area contributed by atoms with E-state index >= 15 is 0 Å². The van der Waals surface area contributed by atoms with Crippen LogP contribution in [0.2, 0.25) is 0 Å². The van der Waals surface area contributed by atoms with Gasteiger partial charge in [-0.2, -0.15) is 13.9 Å². The molecule has 4 heterocycles. The van der Waals surface area contributed by atoms with Crippen LogP contribution in [0.25, 0.3) is 27.8 Å². The van der Waals surface area contributed by atoms with Crippen LogP contribution in [0.1, 0.15) is 6.92 Å². The highest BCUT2D eigenvalue weighted by Gasteiger charge is 2.16. The van der Waals surface area contributed by atoms with E-state index in [-0.39, 0.29) is 17.5 Å². The third-order valence-electron chi connectivity index (χ3n) is 4.39. The van der Waals surface area contributed by atoms with Crippen molar-refractivity contribution in [1.82, 2.24) is 24.3 Å². The number of fused-ring (bicyclic) bond motifs is 1. The number of ether oxygens (including phenoxy) is 2. The molecule has 0 aliphatic heterocycles. The molecular formula is C19H17F2N5O3. The van der Waals surface area contributed by atoms with Gasteiger partial charge in [0, 0.05) is 30.7 Å². The molecular weight excluding hydrogens is 384 g/mol. The Morgan fingerprint density at radius 3 is 2.72 bits per heavy atom. The second-order valence-electron chi connectivity index (χ2n) is 6.12. The Labute approximate surface area is 164 Å². The van der Waals surface area contributed by atoms with Gasteiger partial charge in [0.25, 0.3) is 5.88 Å². The Hall–Kier alpha value is -3.69. The van der Waals surface area contributed by atoms with Gasteiger partial charge in [-0.3, -0.25) is 9.25 Å². The van der Waals surface area contributed by atoms with Crippen molar-refractivity contribution in [2.75, 3.05) is 7.11 Å². The molecule has 0 aliphatic carbocycles. The van der Waals surface area contributed by atoms with Gasteiger partial charge < -0.3 is 14.6 Å². The summed E-state index contributed by atoms with van der Waals surface area (Å²) in [6.45, 7) is -0.338. The highest BCUT2D eigenvalue weighted by Crippen LogP contribution is 2.34. The molecule has 0 aliphatic rings. The lowest BCUT2D eigenvalue weighted by Crippen LogP contribution is -2.04. The molecule has 0 fully saturated rings. The summed E-state index contributed by atoms with van der Waals surface area (Å²) < 4.78 is 38.1. The normalized spacial score (nSPS) is 11.3. The minimum Gasteiger partial charge on any atom is -0.494 e. The number of alkyl halides is 2. The molecule has 0 saturated heterocycles. The van der Waals surface area contributed by atoms with Crippen LogP contribution in [-0.2, 0) is 6.54 Å². The molecule has 150 valence electrons. The van der Waals surface area contributed by atoms with Crippen molar-refractivity contribution in [2.24, 2.45) is 0 Å². The maximum atomic E-state index is 12.7. The monoisotopic (exact) mass is 401 g/mol. The van der Waals surface area contributed by atoms with Crippen LogP contribution in [0, 0.1) is 0 Å². The molecule has 0 aromatic carbocycles. The van der Waals surface area contributed by atoms with E-state index in [1.165, 1.54) is 19.4 Å². The zero-order chi connectivity index (χ0) is 20.5. The van der Waals surface area contributed by atoms with Crippen LogP contribution < -0.4 is 9.47 Å². The average Bonchev–Trinajstić information content (AvgIpc) is 3.31. The van der Waals surface area contributed by atoms with Crippen LogP contribution in [-0.4, -0.2) is 43.1 Å². The van der Waals surface area contributed by atoms with Gasteiger partial charge in [0.1, 0.15) is 0 Å². The fourth-order valence-corrected chi connectivity index (χ4v) is 2.99. The summed E-state index contributed by atoms with van der Waals surface area (Å²) in [5, 5.41) is 15.3. The van der Waals surface area contributed by atoms with Gasteiger partial charge in [-0.05, 0) is 25.1 Å². The fourth-order valence-electron chi connectivity index (χ4n) is 2.99. The molecule has 0 saturated carbocycles. The van der Waals surface area contributed by atoms with E-state index in [4.69, 9.17) is 4.74 Å². The van der Waals surface area contributed by atoms with Crippen LogP contribution in [0.4, 0.5) is 8.78 Å². The van der Waals surface area contributed by atoms with Crippen LogP contribution in [0.5, 0.6) is 17.5 Å². The summed E-state index contributed by atoms with van der Waals surface area (Å²) in [6, 6.07) is 4.75. The summed E-state index contributed by atoms with van der Waals surface area (Å²) >= 11 is 0. The second kappa shape index (κ2) is 7.38. The van der Waals surface area contributed by atoms with Crippen LogP contribution >= 0.6 is 0 Å². The first kappa shape index (κ1) is 18.7. The summed E-state index contributed by atoms with van der Waals surface area (Å²) in [5.74, 6) is -0.203. The van der Waals surface area contributed by atoms with Crippen molar-refractivity contribution in [1.29, 1.82) is 0 Å². The quantitative estimate of drug-likeness (QED) is 0.531. The Bertz CT molecular complexity index is 1170. The van der Waals surface area contributed by atoms with Gasteiger partial charge in [-0.15, -0.1) is 0 Å². The number of aromatic hydroxyl groups is 1. The molecule has 4 aromatic rings. The SMILES string of the molecule is CCn1cc(-n2cc3nc(-c4cnc(OC)c(OC(F)F)c4)ccc3c2O)cn1. The van der Waals surface area contributed by atoms with E-state index in [9.17, 15) is 13.9 Å². The molecule has 10 heteroatoms. The molecule has 4 aromatic heterocycles. The molecule has 4 rings (SSSR count). The Balaban J connectivity index is 1.76. The first-order valence-corrected chi connectivity index (χ1v) is 8.73. The zero-order valence-electron chi connectivity index (χ0n) is 15.6. The lowest BCUT2D eigenvalue weighted by atomic mass is 10.1. The second-order valence-corrected chi connectivity index (χ2v) is 6.12. The number of aryl methyl sites for hydroxylation is 1. The van der Waals surface area contributed by atoms with Gasteiger partial charge in [0.2, 0.25) is 5.88 Å². The molecule has 8 nitrogen and oxygen atoms in total. The molecule has 0 amide bonds. The van der Waals surface area contributed by atoms with Crippen molar-refractivity contribution in [3.8, 4) is 34.5 Å². The van der Waals surface area contributed by atoms with Gasteiger partial charge >= 0.3 is 6.61 Å². The van der Waals surface area contributed by atoms with Crippen molar-refractivity contribution < 1.29 is 23.4 Å². The van der Waals surface area contributed by atoms with E-state index in [1.807, 2.05) is 6.92 Å². The van der Waals surface area contributed by atoms with Crippen molar-refractivity contribution in [3.05, 3.63) is 43.0 Å². The maximum absolute atomic E-state index is 12.7. The first-order chi connectivity index (χ1) is 14.0. The van der Waals surface area contributed by atoms with Crippen molar-refractivity contribution >= 4 is 10.9 Å². The van der Waals surface area contributed by atoms with E-state index < -0.39 is 6.61 Å². The number of aromatic nitrogens is 5. The number of nitrogens with zero attached hydrogens (tertiary/aromatic N) is 5. The molecule has 0 spiro atoms. The van der Waals surface area contributed by atoms with Crippen LogP contribution in [0.3, 0.4) is 0 Å². The summed E-state index contributed by atoms with van der Waals surface area (Å²) in [7, 11) is 1.32. The number of halogens is 2. The predicted octanol–water partition coefficient (Wildman–Crippen LogP) is 3.62. The van der Waals surface area contributed by atoms with Crippen LogP contribution in [0.15, 0.2) is 43.0 Å². The van der Waals surface area contributed by atoms with E-state index in [2.05, 4.69) is 19.8 Å². The molecule has 1 N–H and O–H groups in total. The van der Waals surface area contributed by atoms with Gasteiger partial charge in [0.15, 0.2) is 5.75 Å². The topological polar surface area (TPSA) is 87.2 Å². The maximum Gasteiger partial charge on any atom is 0.387 e. The number of hydrogen-bond acceptors (Lipinski definition) is 6. The third kappa shape index (κ3) is 3.44. The van der Waals surface area contributed by atoms with Crippen molar-refractivity contribution in [2.45, 2.75) is 20.1 Å². The number of methoxy groups -OCH3 is 1. The predicted molar refractivity (Wildman–Crippen MR) is 101 cm³/mol. The summed E-state index contributed by atoms with van der Waals surface area (Å²) in [6.07, 6.45) is 6.58. The first-order valence-electron chi connectivity index (χ1n) is 8.73. The Kier molecular flexibility index (Phi) is 4.75. The zero-order valence-corrected chi connectivity index (χ0v) is 15.6. The van der Waals surface area contributed by atoms with Crippen molar-refractivity contribution in [3.63, 3.8) is 0 Å². The Morgan fingerprint density at radius 2 is 2.03 bits per heavy atom. The lowest BCUT2D eigenvalue weighted by molar-refractivity contribution is -0.0515.